The number of amides is 2. The van der Waals surface area contributed by atoms with Crippen LogP contribution >= 0.6 is 0 Å². The van der Waals surface area contributed by atoms with Gasteiger partial charge >= 0.3 is 6.03 Å². The smallest absolute Gasteiger partial charge is 0.315 e. The molecule has 0 aromatic rings. The van der Waals surface area contributed by atoms with Crippen molar-refractivity contribution in [1.82, 2.24) is 10.6 Å². The van der Waals surface area contributed by atoms with E-state index in [0.717, 1.165) is 43.8 Å². The molecule has 5 aliphatic carbocycles. The highest BCUT2D eigenvalue weighted by molar-refractivity contribution is 5.75. The van der Waals surface area contributed by atoms with Crippen molar-refractivity contribution >= 4 is 6.03 Å². The third-order valence-electron chi connectivity index (χ3n) is 7.59. The van der Waals surface area contributed by atoms with E-state index in [1.54, 1.807) is 0 Å². The Morgan fingerprint density at radius 2 is 1.62 bits per heavy atom. The number of hydrogen-bond acceptors (Lipinski definition) is 2. The van der Waals surface area contributed by atoms with Crippen LogP contribution in [0.1, 0.15) is 84.0 Å². The van der Waals surface area contributed by atoms with Gasteiger partial charge in [-0.15, -0.1) is 0 Å². The molecule has 4 bridgehead atoms. The lowest BCUT2D eigenvalue weighted by Crippen LogP contribution is -2.62. The van der Waals surface area contributed by atoms with Crippen LogP contribution in [0.2, 0.25) is 0 Å². The molecule has 4 heteroatoms. The molecule has 0 unspecified atom stereocenters. The van der Waals surface area contributed by atoms with E-state index in [4.69, 9.17) is 4.74 Å². The average molecular weight is 363 g/mol. The summed E-state index contributed by atoms with van der Waals surface area (Å²) in [5.41, 5.74) is 0.128. The van der Waals surface area contributed by atoms with Gasteiger partial charge in [-0.25, -0.2) is 4.79 Å². The molecule has 4 nitrogen and oxygen atoms in total. The Bertz CT molecular complexity index is 449. The molecule has 2 amide bonds. The topological polar surface area (TPSA) is 50.4 Å². The van der Waals surface area contributed by atoms with Gasteiger partial charge in [0.15, 0.2) is 0 Å². The average Bonchev–Trinajstić information content (AvgIpc) is 2.58. The molecule has 0 aromatic heterocycles. The molecule has 0 saturated heterocycles. The van der Waals surface area contributed by atoms with Crippen LogP contribution in [-0.2, 0) is 4.74 Å². The first-order valence-electron chi connectivity index (χ1n) is 11.3. The maximum atomic E-state index is 12.7. The lowest BCUT2D eigenvalue weighted by atomic mass is 9.53. The summed E-state index contributed by atoms with van der Waals surface area (Å²) in [6.07, 6.45) is 14.9. The van der Waals surface area contributed by atoms with Gasteiger partial charge in [-0.05, 0) is 94.3 Å². The first-order valence-corrected chi connectivity index (χ1v) is 11.3. The van der Waals surface area contributed by atoms with E-state index in [2.05, 4.69) is 17.6 Å². The van der Waals surface area contributed by atoms with E-state index in [1.165, 1.54) is 64.2 Å². The minimum atomic E-state index is 0.106. The van der Waals surface area contributed by atoms with Crippen LogP contribution in [0, 0.1) is 23.7 Å². The Hall–Kier alpha value is -0.770. The number of carbonyl (C=O) groups is 1. The fourth-order valence-corrected chi connectivity index (χ4v) is 6.70. The Kier molecular flexibility index (Phi) is 5.78. The van der Waals surface area contributed by atoms with Crippen molar-refractivity contribution < 1.29 is 9.53 Å². The highest BCUT2D eigenvalue weighted by Gasteiger charge is 2.51. The van der Waals surface area contributed by atoms with Crippen molar-refractivity contribution in [2.45, 2.75) is 95.6 Å². The number of rotatable bonds is 7. The van der Waals surface area contributed by atoms with Gasteiger partial charge < -0.3 is 15.4 Å². The van der Waals surface area contributed by atoms with Gasteiger partial charge in [0.25, 0.3) is 0 Å². The van der Waals surface area contributed by atoms with E-state index in [1.807, 2.05) is 0 Å². The van der Waals surface area contributed by atoms with E-state index in [0.29, 0.717) is 12.0 Å². The third kappa shape index (κ3) is 4.37. The Morgan fingerprint density at radius 3 is 2.19 bits per heavy atom. The largest absolute Gasteiger partial charge is 0.381 e. The monoisotopic (exact) mass is 362 g/mol. The number of urea groups is 1. The number of ether oxygens (including phenoxy) is 1. The fourth-order valence-electron chi connectivity index (χ4n) is 6.70. The van der Waals surface area contributed by atoms with Gasteiger partial charge in [-0.1, -0.05) is 13.3 Å². The van der Waals surface area contributed by atoms with Crippen LogP contribution in [0.25, 0.3) is 0 Å². The predicted molar refractivity (Wildman–Crippen MR) is 104 cm³/mol. The van der Waals surface area contributed by atoms with Crippen molar-refractivity contribution in [2.24, 2.45) is 23.7 Å². The second kappa shape index (κ2) is 8.08. The minimum Gasteiger partial charge on any atom is -0.381 e. The molecule has 0 radical (unpaired) electrons. The summed E-state index contributed by atoms with van der Waals surface area (Å²) in [5.74, 6) is 3.33. The third-order valence-corrected chi connectivity index (χ3v) is 7.59. The summed E-state index contributed by atoms with van der Waals surface area (Å²) in [4.78, 5) is 12.7. The van der Waals surface area contributed by atoms with Crippen LogP contribution < -0.4 is 10.6 Å². The standard InChI is InChI=1S/C22H38N2O2/c1-2-3-8-26-15-16-4-6-20(7-5-16)23-21(25)24-22-12-17-9-18(13-22)11-19(10-17)14-22/h16-20H,2-15H2,1H3,(H2,23,24,25). The summed E-state index contributed by atoms with van der Waals surface area (Å²) in [6, 6.07) is 0.463. The highest BCUT2D eigenvalue weighted by Crippen LogP contribution is 2.55. The summed E-state index contributed by atoms with van der Waals surface area (Å²) >= 11 is 0. The second-order valence-corrected chi connectivity index (χ2v) is 9.94. The van der Waals surface area contributed by atoms with Crippen LogP contribution in [0.4, 0.5) is 4.79 Å². The number of carbonyl (C=O) groups excluding carboxylic acids is 1. The van der Waals surface area contributed by atoms with Crippen molar-refractivity contribution in [3.05, 3.63) is 0 Å². The molecule has 0 atom stereocenters. The summed E-state index contributed by atoms with van der Waals surface area (Å²) in [5, 5.41) is 6.76. The lowest BCUT2D eigenvalue weighted by molar-refractivity contribution is -0.0137. The molecule has 0 aromatic carbocycles. The van der Waals surface area contributed by atoms with E-state index in [9.17, 15) is 4.79 Å². The maximum absolute atomic E-state index is 12.7. The summed E-state index contributed by atoms with van der Waals surface area (Å²) < 4.78 is 5.79. The van der Waals surface area contributed by atoms with Gasteiger partial charge in [0.2, 0.25) is 0 Å². The summed E-state index contributed by atoms with van der Waals surface area (Å²) in [6.45, 7) is 4.02. The number of nitrogens with one attached hydrogen (secondary N) is 2. The Morgan fingerprint density at radius 1 is 1.00 bits per heavy atom. The van der Waals surface area contributed by atoms with Gasteiger partial charge in [0.1, 0.15) is 0 Å². The Balaban J connectivity index is 1.18. The zero-order valence-corrected chi connectivity index (χ0v) is 16.6. The van der Waals surface area contributed by atoms with Gasteiger partial charge in [0.05, 0.1) is 0 Å². The SMILES string of the molecule is CCCCOCC1CCC(NC(=O)NC23CC4CC(CC(C4)C2)C3)CC1. The number of hydrogen-bond donors (Lipinski definition) is 2. The van der Waals surface area contributed by atoms with Crippen molar-refractivity contribution in [3.8, 4) is 0 Å². The lowest BCUT2D eigenvalue weighted by Gasteiger charge is -2.56. The minimum absolute atomic E-state index is 0.106. The van der Waals surface area contributed by atoms with Crippen LogP contribution in [-0.4, -0.2) is 30.8 Å². The van der Waals surface area contributed by atoms with Crippen LogP contribution in [0.3, 0.4) is 0 Å². The molecule has 0 aliphatic heterocycles. The normalized spacial score (nSPS) is 41.2. The first-order chi connectivity index (χ1) is 12.6. The highest BCUT2D eigenvalue weighted by atomic mass is 16.5. The van der Waals surface area contributed by atoms with Crippen molar-refractivity contribution in [3.63, 3.8) is 0 Å². The molecule has 5 rings (SSSR count). The van der Waals surface area contributed by atoms with E-state index in [-0.39, 0.29) is 11.6 Å². The molecule has 2 N–H and O–H groups in total. The maximum Gasteiger partial charge on any atom is 0.315 e. The van der Waals surface area contributed by atoms with Crippen LogP contribution in [0.5, 0.6) is 0 Å². The van der Waals surface area contributed by atoms with Crippen molar-refractivity contribution in [2.75, 3.05) is 13.2 Å². The molecular formula is C22H38N2O2. The molecule has 0 heterocycles. The Labute approximate surface area is 159 Å². The van der Waals surface area contributed by atoms with Crippen molar-refractivity contribution in [1.29, 1.82) is 0 Å². The number of unbranched alkanes of at least 4 members (excludes halogenated alkanes) is 1. The molecule has 5 saturated carbocycles. The van der Waals surface area contributed by atoms with Gasteiger partial charge in [-0.3, -0.25) is 0 Å². The molecule has 5 aliphatic rings. The zero-order chi connectivity index (χ0) is 18.0. The molecule has 0 spiro atoms. The van der Waals surface area contributed by atoms with Gasteiger partial charge in [0, 0.05) is 24.8 Å². The van der Waals surface area contributed by atoms with Crippen LogP contribution in [0.15, 0.2) is 0 Å². The predicted octanol–water partition coefficient (Wildman–Crippen LogP) is 4.63. The molecule has 5 fully saturated rings. The van der Waals surface area contributed by atoms with E-state index >= 15 is 0 Å². The molecular weight excluding hydrogens is 324 g/mol. The zero-order valence-electron chi connectivity index (χ0n) is 16.6. The van der Waals surface area contributed by atoms with E-state index < -0.39 is 0 Å². The molecule has 148 valence electrons. The quantitative estimate of drug-likeness (QED) is 0.649. The molecule has 26 heavy (non-hydrogen) atoms. The second-order valence-electron chi connectivity index (χ2n) is 9.94. The fraction of sp³-hybridized carbons (Fsp3) is 0.955. The first kappa shape index (κ1) is 18.6. The summed E-state index contributed by atoms with van der Waals surface area (Å²) in [7, 11) is 0. The van der Waals surface area contributed by atoms with Gasteiger partial charge in [-0.2, -0.15) is 0 Å².